The summed E-state index contributed by atoms with van der Waals surface area (Å²) in [6.45, 7) is 8.48. The van der Waals surface area contributed by atoms with Gasteiger partial charge in [0.15, 0.2) is 11.6 Å². The summed E-state index contributed by atoms with van der Waals surface area (Å²) in [5, 5.41) is 2.88. The molecule has 1 atom stereocenters. The van der Waals surface area contributed by atoms with E-state index in [4.69, 9.17) is 0 Å². The van der Waals surface area contributed by atoms with Gasteiger partial charge >= 0.3 is 0 Å². The minimum absolute atomic E-state index is 0.0615. The van der Waals surface area contributed by atoms with Crippen molar-refractivity contribution >= 4 is 27.5 Å². The highest BCUT2D eigenvalue weighted by Gasteiger charge is 2.33. The van der Waals surface area contributed by atoms with Gasteiger partial charge in [-0.1, -0.05) is 36.8 Å². The lowest BCUT2D eigenvalue weighted by atomic mass is 10.0. The summed E-state index contributed by atoms with van der Waals surface area (Å²) < 4.78 is 53.0. The second kappa shape index (κ2) is 11.2. The van der Waals surface area contributed by atoms with Crippen LogP contribution in [0.4, 0.5) is 14.5 Å². The van der Waals surface area contributed by atoms with Gasteiger partial charge in [-0.15, -0.1) is 0 Å². The molecular weight excluding hydrogens is 476 g/mol. The average Bonchev–Trinajstić information content (AvgIpc) is 2.71. The van der Waals surface area contributed by atoms with Crippen molar-refractivity contribution in [3.8, 4) is 0 Å². The van der Waals surface area contributed by atoms with Gasteiger partial charge in [0.1, 0.15) is 12.6 Å². The molecule has 7 nitrogen and oxygen atoms in total. The third-order valence-electron chi connectivity index (χ3n) is 5.19. The zero-order valence-corrected chi connectivity index (χ0v) is 21.7. The molecule has 10 heteroatoms. The number of anilines is 1. The van der Waals surface area contributed by atoms with Crippen molar-refractivity contribution in [1.82, 2.24) is 10.2 Å². The molecule has 2 aromatic carbocycles. The normalized spacial score (nSPS) is 12.7. The van der Waals surface area contributed by atoms with Gasteiger partial charge in [-0.2, -0.15) is 0 Å². The molecule has 0 fully saturated rings. The number of amides is 2. The van der Waals surface area contributed by atoms with Gasteiger partial charge in [0.2, 0.25) is 21.8 Å². The van der Waals surface area contributed by atoms with Crippen LogP contribution < -0.4 is 9.62 Å². The van der Waals surface area contributed by atoms with E-state index in [1.807, 2.05) is 52.0 Å². The lowest BCUT2D eigenvalue weighted by molar-refractivity contribution is -0.141. The van der Waals surface area contributed by atoms with E-state index < -0.39 is 45.7 Å². The Kier molecular flexibility index (Phi) is 9.00. The van der Waals surface area contributed by atoms with Crippen LogP contribution in [-0.2, 0) is 26.2 Å². The summed E-state index contributed by atoms with van der Waals surface area (Å²) in [5.74, 6) is -3.41. The van der Waals surface area contributed by atoms with E-state index in [1.165, 1.54) is 4.90 Å². The first kappa shape index (κ1) is 28.2. The average molecular weight is 510 g/mol. The van der Waals surface area contributed by atoms with Gasteiger partial charge in [-0.05, 0) is 51.8 Å². The molecule has 0 radical (unpaired) electrons. The number of rotatable bonds is 9. The van der Waals surface area contributed by atoms with Crippen LogP contribution >= 0.6 is 0 Å². The van der Waals surface area contributed by atoms with E-state index in [0.29, 0.717) is 4.31 Å². The molecular formula is C25H33F2N3O4S. The Bertz CT molecular complexity index is 1180. The number of benzene rings is 2. The van der Waals surface area contributed by atoms with Gasteiger partial charge in [-0.3, -0.25) is 13.9 Å². The molecule has 192 valence electrons. The molecule has 2 rings (SSSR count). The number of hydrogen-bond donors (Lipinski definition) is 1. The largest absolute Gasteiger partial charge is 0.350 e. The Labute approximate surface area is 206 Å². The van der Waals surface area contributed by atoms with Gasteiger partial charge < -0.3 is 10.2 Å². The molecule has 0 aliphatic carbocycles. The van der Waals surface area contributed by atoms with Crippen LogP contribution in [0.25, 0.3) is 0 Å². The van der Waals surface area contributed by atoms with Gasteiger partial charge in [0, 0.05) is 18.2 Å². The number of sulfonamides is 1. The summed E-state index contributed by atoms with van der Waals surface area (Å²) in [6.07, 6.45) is 1.15. The Balaban J connectivity index is 2.48. The predicted octanol–water partition coefficient (Wildman–Crippen LogP) is 3.76. The van der Waals surface area contributed by atoms with Crippen LogP contribution in [-0.4, -0.2) is 49.5 Å². The van der Waals surface area contributed by atoms with Crippen molar-refractivity contribution in [1.29, 1.82) is 0 Å². The van der Waals surface area contributed by atoms with E-state index in [-0.39, 0.29) is 24.6 Å². The van der Waals surface area contributed by atoms with Crippen molar-refractivity contribution in [2.24, 2.45) is 0 Å². The topological polar surface area (TPSA) is 86.8 Å². The van der Waals surface area contributed by atoms with Crippen LogP contribution in [0.15, 0.2) is 42.5 Å². The molecule has 0 aliphatic heterocycles. The highest BCUT2D eigenvalue weighted by atomic mass is 32.2. The van der Waals surface area contributed by atoms with Gasteiger partial charge in [0.25, 0.3) is 0 Å². The highest BCUT2D eigenvalue weighted by Crippen LogP contribution is 2.22. The maximum atomic E-state index is 13.9. The Hall–Kier alpha value is -3.01. The summed E-state index contributed by atoms with van der Waals surface area (Å²) in [4.78, 5) is 28.0. The third kappa shape index (κ3) is 8.02. The van der Waals surface area contributed by atoms with Crippen LogP contribution in [0, 0.1) is 18.6 Å². The van der Waals surface area contributed by atoms with E-state index in [1.54, 1.807) is 6.92 Å². The van der Waals surface area contributed by atoms with Crippen LogP contribution in [0.1, 0.15) is 45.2 Å². The van der Waals surface area contributed by atoms with Crippen molar-refractivity contribution in [3.63, 3.8) is 0 Å². The molecule has 0 saturated carbocycles. The van der Waals surface area contributed by atoms with Crippen LogP contribution in [0.3, 0.4) is 0 Å². The van der Waals surface area contributed by atoms with Gasteiger partial charge in [0.05, 0.1) is 11.9 Å². The van der Waals surface area contributed by atoms with E-state index in [9.17, 15) is 26.8 Å². The minimum Gasteiger partial charge on any atom is -0.350 e. The standard InChI is InChI=1S/C25H33F2N3O4S/c1-7-22(24(32)28-25(3,4)5)29(15-18-10-8-9-17(2)13-18)23(31)16-30(35(6,33)34)19-11-12-20(26)21(27)14-19/h8-14,22H,7,15-16H2,1-6H3,(H,28,32)/t22-/m1/s1. The third-order valence-corrected chi connectivity index (χ3v) is 6.33. The monoisotopic (exact) mass is 509 g/mol. The SMILES string of the molecule is CC[C@H](C(=O)NC(C)(C)C)N(Cc1cccc(C)c1)C(=O)CN(c1ccc(F)c(F)c1)S(C)(=O)=O. The van der Waals surface area contributed by atoms with E-state index in [0.717, 1.165) is 35.6 Å². The second-order valence-electron chi connectivity index (χ2n) is 9.54. The zero-order chi connectivity index (χ0) is 26.6. The lowest BCUT2D eigenvalue weighted by Crippen LogP contribution is -2.55. The molecule has 0 unspecified atom stereocenters. The molecule has 35 heavy (non-hydrogen) atoms. The molecule has 2 amide bonds. The number of nitrogens with zero attached hydrogens (tertiary/aromatic N) is 2. The second-order valence-corrected chi connectivity index (χ2v) is 11.4. The fourth-order valence-corrected chi connectivity index (χ4v) is 4.47. The van der Waals surface area contributed by atoms with Crippen molar-refractivity contribution in [2.45, 2.75) is 59.2 Å². The first-order valence-corrected chi connectivity index (χ1v) is 13.1. The molecule has 1 N–H and O–H groups in total. The fourth-order valence-electron chi connectivity index (χ4n) is 3.63. The molecule has 0 heterocycles. The Morgan fingerprint density at radius 2 is 1.71 bits per heavy atom. The number of halogens is 2. The van der Waals surface area contributed by atoms with Crippen LogP contribution in [0.5, 0.6) is 0 Å². The maximum absolute atomic E-state index is 13.9. The molecule has 0 saturated heterocycles. The summed E-state index contributed by atoms with van der Waals surface area (Å²) in [7, 11) is -4.04. The lowest BCUT2D eigenvalue weighted by Gasteiger charge is -2.34. The first-order valence-electron chi connectivity index (χ1n) is 11.2. The summed E-state index contributed by atoms with van der Waals surface area (Å²) in [6, 6.07) is 9.13. The fraction of sp³-hybridized carbons (Fsp3) is 0.440. The summed E-state index contributed by atoms with van der Waals surface area (Å²) in [5.41, 5.74) is 0.982. The van der Waals surface area contributed by atoms with E-state index >= 15 is 0 Å². The predicted molar refractivity (Wildman–Crippen MR) is 132 cm³/mol. The molecule has 0 spiro atoms. The summed E-state index contributed by atoms with van der Waals surface area (Å²) >= 11 is 0. The highest BCUT2D eigenvalue weighted by molar-refractivity contribution is 7.92. The van der Waals surface area contributed by atoms with Crippen molar-refractivity contribution in [3.05, 3.63) is 65.2 Å². The number of aryl methyl sites for hydroxylation is 1. The number of nitrogens with one attached hydrogen (secondary N) is 1. The molecule has 0 aliphatic rings. The zero-order valence-electron chi connectivity index (χ0n) is 20.9. The van der Waals surface area contributed by atoms with Crippen LogP contribution in [0.2, 0.25) is 0 Å². The first-order chi connectivity index (χ1) is 16.1. The Morgan fingerprint density at radius 1 is 1.06 bits per heavy atom. The van der Waals surface area contributed by atoms with E-state index in [2.05, 4.69) is 5.32 Å². The molecule has 0 bridgehead atoms. The molecule has 0 aromatic heterocycles. The number of hydrogen-bond acceptors (Lipinski definition) is 4. The van der Waals surface area contributed by atoms with Crippen molar-refractivity contribution < 1.29 is 26.8 Å². The smallest absolute Gasteiger partial charge is 0.244 e. The number of carbonyl (C=O) groups excluding carboxylic acids is 2. The van der Waals surface area contributed by atoms with Crippen molar-refractivity contribution in [2.75, 3.05) is 17.1 Å². The minimum atomic E-state index is -4.04. The van der Waals surface area contributed by atoms with Gasteiger partial charge in [-0.25, -0.2) is 17.2 Å². The number of carbonyl (C=O) groups is 2. The quantitative estimate of drug-likeness (QED) is 0.558. The Morgan fingerprint density at radius 3 is 2.23 bits per heavy atom. The maximum Gasteiger partial charge on any atom is 0.244 e. The molecule has 2 aromatic rings.